The van der Waals surface area contributed by atoms with Crippen molar-refractivity contribution in [2.24, 2.45) is 5.41 Å². The number of pyridine rings is 1. The lowest BCUT2D eigenvalue weighted by Gasteiger charge is -2.47. The molecule has 1 N–H and O–H groups in total. The number of rotatable bonds is 7. The SMILES string of the molecule is COC(=O)c1c(C)cc(N2CCN(C(=O)c3cnc(NCCC(C)(C)C)c(C(C)C)n3)C(C)(C)C2)nc1C. The third-order valence-electron chi connectivity index (χ3n) is 6.98. The average molecular weight is 525 g/mol. The van der Waals surface area contributed by atoms with Crippen molar-refractivity contribution >= 4 is 23.5 Å². The Balaban J connectivity index is 1.79. The molecule has 0 radical (unpaired) electrons. The van der Waals surface area contributed by atoms with Crippen molar-refractivity contribution in [2.45, 2.75) is 80.2 Å². The summed E-state index contributed by atoms with van der Waals surface area (Å²) in [6.07, 6.45) is 2.60. The Morgan fingerprint density at radius 2 is 1.84 bits per heavy atom. The lowest BCUT2D eigenvalue weighted by Crippen LogP contribution is -2.61. The van der Waals surface area contributed by atoms with Crippen LogP contribution < -0.4 is 10.2 Å². The summed E-state index contributed by atoms with van der Waals surface area (Å²) in [6.45, 7) is 21.1. The summed E-state index contributed by atoms with van der Waals surface area (Å²) in [6, 6.07) is 1.92. The van der Waals surface area contributed by atoms with E-state index in [2.05, 4.69) is 63.7 Å². The molecule has 3 rings (SSSR count). The van der Waals surface area contributed by atoms with Crippen LogP contribution in [0.2, 0.25) is 0 Å². The minimum atomic E-state index is -0.469. The molecule has 0 atom stereocenters. The number of hydrogen-bond donors (Lipinski definition) is 1. The van der Waals surface area contributed by atoms with Gasteiger partial charge in [-0.15, -0.1) is 0 Å². The molecule has 0 saturated carbocycles. The second-order valence-electron chi connectivity index (χ2n) is 12.3. The molecule has 0 aliphatic carbocycles. The Labute approximate surface area is 227 Å². The number of ether oxygens (including phenoxy) is 1. The minimum Gasteiger partial charge on any atom is -0.465 e. The van der Waals surface area contributed by atoms with Crippen LogP contribution in [-0.4, -0.2) is 70.6 Å². The average Bonchev–Trinajstić information content (AvgIpc) is 2.81. The van der Waals surface area contributed by atoms with Crippen LogP contribution in [0.1, 0.15) is 98.6 Å². The second-order valence-corrected chi connectivity index (χ2v) is 12.3. The van der Waals surface area contributed by atoms with Gasteiger partial charge in [-0.1, -0.05) is 34.6 Å². The molecule has 2 aromatic rings. The van der Waals surface area contributed by atoms with Gasteiger partial charge in [0, 0.05) is 26.2 Å². The quantitative estimate of drug-likeness (QED) is 0.506. The monoisotopic (exact) mass is 524 g/mol. The summed E-state index contributed by atoms with van der Waals surface area (Å²) in [5.74, 6) is 1.17. The van der Waals surface area contributed by atoms with Crippen molar-refractivity contribution in [3.05, 3.63) is 40.5 Å². The van der Waals surface area contributed by atoms with E-state index >= 15 is 0 Å². The number of amides is 1. The van der Waals surface area contributed by atoms with Crippen LogP contribution in [0.4, 0.5) is 11.6 Å². The molecule has 9 heteroatoms. The molecular formula is C29H44N6O3. The van der Waals surface area contributed by atoms with Crippen LogP contribution in [0.15, 0.2) is 12.3 Å². The highest BCUT2D eigenvalue weighted by Gasteiger charge is 2.38. The molecule has 0 spiro atoms. The fourth-order valence-corrected chi connectivity index (χ4v) is 4.85. The number of carbonyl (C=O) groups excluding carboxylic acids is 2. The Bertz CT molecular complexity index is 1160. The Hall–Kier alpha value is -3.23. The van der Waals surface area contributed by atoms with Crippen molar-refractivity contribution in [3.8, 4) is 0 Å². The van der Waals surface area contributed by atoms with Crippen molar-refractivity contribution in [3.63, 3.8) is 0 Å². The molecule has 2 aromatic heterocycles. The van der Waals surface area contributed by atoms with Crippen LogP contribution in [-0.2, 0) is 4.74 Å². The van der Waals surface area contributed by atoms with Crippen molar-refractivity contribution < 1.29 is 14.3 Å². The number of carbonyl (C=O) groups is 2. The maximum absolute atomic E-state index is 13.7. The van der Waals surface area contributed by atoms with E-state index < -0.39 is 5.54 Å². The zero-order valence-electron chi connectivity index (χ0n) is 24.7. The summed E-state index contributed by atoms with van der Waals surface area (Å²) in [7, 11) is 1.37. The number of nitrogens with zero attached hydrogens (tertiary/aromatic N) is 5. The predicted molar refractivity (Wildman–Crippen MR) is 151 cm³/mol. The first-order chi connectivity index (χ1) is 17.6. The van der Waals surface area contributed by atoms with E-state index in [0.717, 1.165) is 35.9 Å². The molecule has 9 nitrogen and oxygen atoms in total. The topological polar surface area (TPSA) is 101 Å². The van der Waals surface area contributed by atoms with Gasteiger partial charge in [-0.2, -0.15) is 0 Å². The van der Waals surface area contributed by atoms with Crippen LogP contribution in [0, 0.1) is 19.3 Å². The number of aromatic nitrogens is 3. The molecule has 1 aliphatic rings. The van der Waals surface area contributed by atoms with Crippen molar-refractivity contribution in [2.75, 3.05) is 43.5 Å². The minimum absolute atomic E-state index is 0.119. The van der Waals surface area contributed by atoms with Crippen LogP contribution in [0.5, 0.6) is 0 Å². The van der Waals surface area contributed by atoms with Crippen molar-refractivity contribution in [1.82, 2.24) is 19.9 Å². The van der Waals surface area contributed by atoms with Crippen LogP contribution >= 0.6 is 0 Å². The lowest BCUT2D eigenvalue weighted by atomic mass is 9.92. The van der Waals surface area contributed by atoms with E-state index in [9.17, 15) is 9.59 Å². The van der Waals surface area contributed by atoms with Gasteiger partial charge in [-0.3, -0.25) is 4.79 Å². The normalized spacial score (nSPS) is 15.6. The fraction of sp³-hybridized carbons (Fsp3) is 0.621. The highest BCUT2D eigenvalue weighted by Crippen LogP contribution is 2.29. The van der Waals surface area contributed by atoms with Gasteiger partial charge in [0.1, 0.15) is 17.3 Å². The van der Waals surface area contributed by atoms with E-state index in [4.69, 9.17) is 14.7 Å². The van der Waals surface area contributed by atoms with E-state index in [0.29, 0.717) is 36.6 Å². The highest BCUT2D eigenvalue weighted by atomic mass is 16.5. The Morgan fingerprint density at radius 1 is 1.16 bits per heavy atom. The van der Waals surface area contributed by atoms with Gasteiger partial charge in [0.2, 0.25) is 0 Å². The standard InChI is InChI=1S/C29H44N6O3/c1-18(2)24-25(30-12-11-28(5,6)7)31-16-21(33-24)26(36)35-14-13-34(17-29(35,8)9)22-15-19(3)23(20(4)32-22)27(37)38-10/h15-16,18H,11-14,17H2,1-10H3,(H,30,31). The van der Waals surface area contributed by atoms with Gasteiger partial charge in [0.05, 0.1) is 35.8 Å². The Kier molecular flexibility index (Phi) is 8.68. The number of piperazine rings is 1. The summed E-state index contributed by atoms with van der Waals surface area (Å²) >= 11 is 0. The fourth-order valence-electron chi connectivity index (χ4n) is 4.85. The third kappa shape index (κ3) is 6.60. The van der Waals surface area contributed by atoms with E-state index in [-0.39, 0.29) is 23.2 Å². The van der Waals surface area contributed by atoms with Gasteiger partial charge in [0.25, 0.3) is 5.91 Å². The lowest BCUT2D eigenvalue weighted by molar-refractivity contribution is 0.0505. The smallest absolute Gasteiger partial charge is 0.339 e. The molecule has 0 aromatic carbocycles. The van der Waals surface area contributed by atoms with Crippen LogP contribution in [0.25, 0.3) is 0 Å². The van der Waals surface area contributed by atoms with Crippen molar-refractivity contribution in [1.29, 1.82) is 0 Å². The first-order valence-corrected chi connectivity index (χ1v) is 13.4. The number of anilines is 2. The summed E-state index contributed by atoms with van der Waals surface area (Å²) in [5.41, 5.74) is 2.88. The molecule has 1 aliphatic heterocycles. The van der Waals surface area contributed by atoms with Gasteiger partial charge >= 0.3 is 5.97 Å². The van der Waals surface area contributed by atoms with Gasteiger partial charge in [0.15, 0.2) is 0 Å². The first kappa shape index (κ1) is 29.3. The number of aryl methyl sites for hydroxylation is 2. The molecule has 3 heterocycles. The van der Waals surface area contributed by atoms with E-state index in [1.54, 1.807) is 6.20 Å². The molecule has 38 heavy (non-hydrogen) atoms. The molecular weight excluding hydrogens is 480 g/mol. The van der Waals surface area contributed by atoms with Gasteiger partial charge in [-0.25, -0.2) is 19.7 Å². The van der Waals surface area contributed by atoms with Gasteiger partial charge in [-0.05, 0) is 57.1 Å². The maximum atomic E-state index is 13.7. The maximum Gasteiger partial charge on any atom is 0.339 e. The van der Waals surface area contributed by atoms with Gasteiger partial charge < -0.3 is 19.9 Å². The summed E-state index contributed by atoms with van der Waals surface area (Å²) in [4.78, 5) is 43.9. The predicted octanol–water partition coefficient (Wildman–Crippen LogP) is 4.99. The summed E-state index contributed by atoms with van der Waals surface area (Å²) < 4.78 is 4.91. The third-order valence-corrected chi connectivity index (χ3v) is 6.98. The van der Waals surface area contributed by atoms with E-state index in [1.807, 2.05) is 24.8 Å². The zero-order chi connectivity index (χ0) is 28.4. The Morgan fingerprint density at radius 3 is 2.39 bits per heavy atom. The number of hydrogen-bond acceptors (Lipinski definition) is 8. The second kappa shape index (κ2) is 11.3. The molecule has 0 unspecified atom stereocenters. The molecule has 0 bridgehead atoms. The number of methoxy groups -OCH3 is 1. The largest absolute Gasteiger partial charge is 0.465 e. The first-order valence-electron chi connectivity index (χ1n) is 13.4. The molecule has 208 valence electrons. The molecule has 1 fully saturated rings. The molecule has 1 amide bonds. The zero-order valence-corrected chi connectivity index (χ0v) is 24.7. The highest BCUT2D eigenvalue weighted by molar-refractivity contribution is 5.93. The summed E-state index contributed by atoms with van der Waals surface area (Å²) in [5, 5.41) is 3.42. The van der Waals surface area contributed by atoms with Crippen LogP contribution in [0.3, 0.4) is 0 Å². The number of esters is 1. The number of nitrogens with one attached hydrogen (secondary N) is 1. The van der Waals surface area contributed by atoms with E-state index in [1.165, 1.54) is 7.11 Å². The molecule has 1 saturated heterocycles.